The van der Waals surface area contributed by atoms with Crippen molar-refractivity contribution in [3.05, 3.63) is 0 Å². The molecule has 1 N–H and O–H groups in total. The number of nitrogens with one attached hydrogen (secondary N) is 1. The Bertz CT molecular complexity index is 235. The lowest BCUT2D eigenvalue weighted by molar-refractivity contribution is 0.0255. The summed E-state index contributed by atoms with van der Waals surface area (Å²) in [4.78, 5) is 5.14. The Morgan fingerprint density at radius 3 is 2.50 bits per heavy atom. The third kappa shape index (κ3) is 2.58. The molecule has 1 atom stereocenters. The second-order valence-electron chi connectivity index (χ2n) is 6.36. The summed E-state index contributed by atoms with van der Waals surface area (Å²) in [5.74, 6) is 1.77. The van der Waals surface area contributed by atoms with Gasteiger partial charge >= 0.3 is 0 Å². The number of piperazine rings is 1. The van der Waals surface area contributed by atoms with Crippen LogP contribution >= 0.6 is 0 Å². The van der Waals surface area contributed by atoms with Crippen LogP contribution in [0.25, 0.3) is 0 Å². The van der Waals surface area contributed by atoms with Gasteiger partial charge in [0.2, 0.25) is 0 Å². The van der Waals surface area contributed by atoms with Crippen LogP contribution in [0.3, 0.4) is 0 Å². The zero-order valence-corrected chi connectivity index (χ0v) is 11.3. The highest BCUT2D eigenvalue weighted by atomic mass is 15.3. The predicted molar refractivity (Wildman–Crippen MR) is 68.7 cm³/mol. The SMILES string of the molecule is CC(CN1CCN(C)C(C)(C)C1)C1CNC1. The summed E-state index contributed by atoms with van der Waals surface area (Å²) in [5.41, 5.74) is 0.343. The molecule has 0 amide bonds. The Hall–Kier alpha value is -0.120. The standard InChI is InChI=1S/C13H27N3/c1-11(12-7-14-8-12)9-16-6-5-15(4)13(2,3)10-16/h11-12,14H,5-10H2,1-4H3. The van der Waals surface area contributed by atoms with Gasteiger partial charge in [0.05, 0.1) is 0 Å². The molecule has 0 aliphatic carbocycles. The molecule has 0 aromatic rings. The van der Waals surface area contributed by atoms with Crippen molar-refractivity contribution in [3.63, 3.8) is 0 Å². The lowest BCUT2D eigenvalue weighted by atomic mass is 9.88. The van der Waals surface area contributed by atoms with Crippen LogP contribution in [0.5, 0.6) is 0 Å². The number of hydrogen-bond donors (Lipinski definition) is 1. The first kappa shape index (κ1) is 12.3. The second-order valence-corrected chi connectivity index (χ2v) is 6.36. The summed E-state index contributed by atoms with van der Waals surface area (Å²) in [7, 11) is 2.25. The summed E-state index contributed by atoms with van der Waals surface area (Å²) in [5, 5.41) is 3.38. The van der Waals surface area contributed by atoms with Crippen molar-refractivity contribution in [2.75, 3.05) is 46.3 Å². The largest absolute Gasteiger partial charge is 0.316 e. The highest BCUT2D eigenvalue weighted by molar-refractivity contribution is 4.90. The van der Waals surface area contributed by atoms with Gasteiger partial charge in [0.25, 0.3) is 0 Å². The molecule has 94 valence electrons. The van der Waals surface area contributed by atoms with Gasteiger partial charge in [-0.1, -0.05) is 6.92 Å². The van der Waals surface area contributed by atoms with Crippen molar-refractivity contribution >= 4 is 0 Å². The highest BCUT2D eigenvalue weighted by Gasteiger charge is 2.33. The van der Waals surface area contributed by atoms with E-state index in [1.807, 2.05) is 0 Å². The maximum absolute atomic E-state index is 3.38. The monoisotopic (exact) mass is 225 g/mol. The molecular weight excluding hydrogens is 198 g/mol. The third-order valence-corrected chi connectivity index (χ3v) is 4.56. The Morgan fingerprint density at radius 2 is 2.00 bits per heavy atom. The first-order valence-corrected chi connectivity index (χ1v) is 6.63. The van der Waals surface area contributed by atoms with Crippen molar-refractivity contribution in [2.45, 2.75) is 26.3 Å². The van der Waals surface area contributed by atoms with Gasteiger partial charge in [-0.2, -0.15) is 0 Å². The van der Waals surface area contributed by atoms with Crippen molar-refractivity contribution in [3.8, 4) is 0 Å². The Kier molecular flexibility index (Phi) is 3.57. The van der Waals surface area contributed by atoms with E-state index in [0.29, 0.717) is 5.54 Å². The number of hydrogen-bond acceptors (Lipinski definition) is 3. The summed E-state index contributed by atoms with van der Waals surface area (Å²) in [6.07, 6.45) is 0. The van der Waals surface area contributed by atoms with Crippen LogP contribution in [-0.2, 0) is 0 Å². The lowest BCUT2D eigenvalue weighted by Gasteiger charge is -2.47. The smallest absolute Gasteiger partial charge is 0.0277 e. The summed E-state index contributed by atoms with van der Waals surface area (Å²) < 4.78 is 0. The molecule has 0 saturated carbocycles. The van der Waals surface area contributed by atoms with Crippen LogP contribution in [0.4, 0.5) is 0 Å². The molecule has 0 bridgehead atoms. The van der Waals surface area contributed by atoms with E-state index in [0.717, 1.165) is 11.8 Å². The molecule has 16 heavy (non-hydrogen) atoms. The number of rotatable bonds is 3. The van der Waals surface area contributed by atoms with Gasteiger partial charge in [-0.05, 0) is 45.8 Å². The maximum atomic E-state index is 3.38. The van der Waals surface area contributed by atoms with E-state index in [-0.39, 0.29) is 0 Å². The molecule has 2 fully saturated rings. The van der Waals surface area contributed by atoms with E-state index >= 15 is 0 Å². The molecule has 2 aliphatic heterocycles. The molecule has 2 heterocycles. The van der Waals surface area contributed by atoms with Crippen LogP contribution in [0.2, 0.25) is 0 Å². The van der Waals surface area contributed by atoms with E-state index in [2.05, 4.69) is 42.9 Å². The summed E-state index contributed by atoms with van der Waals surface area (Å²) >= 11 is 0. The Labute approximate surface area is 100 Å². The molecule has 3 heteroatoms. The number of likely N-dealkylation sites (N-methyl/N-ethyl adjacent to an activating group) is 1. The molecule has 2 saturated heterocycles. The van der Waals surface area contributed by atoms with Crippen LogP contribution in [0.1, 0.15) is 20.8 Å². The zero-order chi connectivity index (χ0) is 11.8. The van der Waals surface area contributed by atoms with Gasteiger partial charge in [-0.25, -0.2) is 0 Å². The van der Waals surface area contributed by atoms with Crippen molar-refractivity contribution in [1.82, 2.24) is 15.1 Å². The van der Waals surface area contributed by atoms with Crippen LogP contribution < -0.4 is 5.32 Å². The average Bonchev–Trinajstić information content (AvgIpc) is 2.07. The minimum absolute atomic E-state index is 0.343. The Balaban J connectivity index is 1.81. The van der Waals surface area contributed by atoms with Crippen molar-refractivity contribution in [2.24, 2.45) is 11.8 Å². The molecule has 0 aromatic heterocycles. The molecule has 3 nitrogen and oxygen atoms in total. The molecule has 0 radical (unpaired) electrons. The van der Waals surface area contributed by atoms with Crippen molar-refractivity contribution in [1.29, 1.82) is 0 Å². The molecule has 2 rings (SSSR count). The minimum atomic E-state index is 0.343. The fourth-order valence-corrected chi connectivity index (χ4v) is 2.77. The van der Waals surface area contributed by atoms with Crippen LogP contribution in [-0.4, -0.2) is 61.7 Å². The lowest BCUT2D eigenvalue weighted by Crippen LogP contribution is -2.59. The molecule has 1 unspecified atom stereocenters. The van der Waals surface area contributed by atoms with Crippen LogP contribution in [0, 0.1) is 11.8 Å². The minimum Gasteiger partial charge on any atom is -0.316 e. The normalized spacial score (nSPS) is 30.0. The maximum Gasteiger partial charge on any atom is 0.0277 e. The van der Waals surface area contributed by atoms with Gasteiger partial charge < -0.3 is 5.32 Å². The van der Waals surface area contributed by atoms with E-state index in [1.165, 1.54) is 39.3 Å². The van der Waals surface area contributed by atoms with E-state index < -0.39 is 0 Å². The molecular formula is C13H27N3. The first-order valence-electron chi connectivity index (χ1n) is 6.63. The molecule has 2 aliphatic rings. The molecule has 0 spiro atoms. The second kappa shape index (κ2) is 4.63. The fraction of sp³-hybridized carbons (Fsp3) is 1.00. The first-order chi connectivity index (χ1) is 7.49. The summed E-state index contributed by atoms with van der Waals surface area (Å²) in [6.45, 7) is 14.5. The van der Waals surface area contributed by atoms with Gasteiger partial charge in [0, 0.05) is 31.7 Å². The average molecular weight is 225 g/mol. The van der Waals surface area contributed by atoms with E-state index in [9.17, 15) is 0 Å². The Morgan fingerprint density at radius 1 is 1.31 bits per heavy atom. The van der Waals surface area contributed by atoms with E-state index in [4.69, 9.17) is 0 Å². The van der Waals surface area contributed by atoms with Gasteiger partial charge in [-0.3, -0.25) is 9.80 Å². The highest BCUT2D eigenvalue weighted by Crippen LogP contribution is 2.22. The van der Waals surface area contributed by atoms with Gasteiger partial charge in [0.15, 0.2) is 0 Å². The predicted octanol–water partition coefficient (Wildman–Crippen LogP) is 0.868. The van der Waals surface area contributed by atoms with Gasteiger partial charge in [-0.15, -0.1) is 0 Å². The van der Waals surface area contributed by atoms with E-state index in [1.54, 1.807) is 0 Å². The van der Waals surface area contributed by atoms with Crippen molar-refractivity contribution < 1.29 is 0 Å². The number of nitrogens with zero attached hydrogens (tertiary/aromatic N) is 2. The molecule has 0 aromatic carbocycles. The topological polar surface area (TPSA) is 18.5 Å². The quantitative estimate of drug-likeness (QED) is 0.769. The van der Waals surface area contributed by atoms with Crippen LogP contribution in [0.15, 0.2) is 0 Å². The summed E-state index contributed by atoms with van der Waals surface area (Å²) in [6, 6.07) is 0. The van der Waals surface area contributed by atoms with Gasteiger partial charge in [0.1, 0.15) is 0 Å². The fourth-order valence-electron chi connectivity index (χ4n) is 2.77. The zero-order valence-electron chi connectivity index (χ0n) is 11.3. The third-order valence-electron chi connectivity index (χ3n) is 4.56.